The van der Waals surface area contributed by atoms with Crippen LogP contribution in [0.25, 0.3) is 11.1 Å². The van der Waals surface area contributed by atoms with E-state index in [2.05, 4.69) is 22.5 Å². The first-order valence-electron chi connectivity index (χ1n) is 10.2. The molecule has 2 N–H and O–H groups in total. The van der Waals surface area contributed by atoms with E-state index in [1.165, 1.54) is 18.6 Å². The lowest BCUT2D eigenvalue weighted by Crippen LogP contribution is -2.20. The van der Waals surface area contributed by atoms with Crippen LogP contribution in [0.1, 0.15) is 69.2 Å². The third-order valence-electron chi connectivity index (χ3n) is 6.02. The fourth-order valence-electron chi connectivity index (χ4n) is 3.98. The van der Waals surface area contributed by atoms with E-state index in [-0.39, 0.29) is 6.04 Å². The van der Waals surface area contributed by atoms with Gasteiger partial charge in [0.15, 0.2) is 0 Å². The first-order chi connectivity index (χ1) is 13.5. The second-order valence-corrected chi connectivity index (χ2v) is 7.96. The molecule has 1 unspecified atom stereocenters. The molecule has 0 amide bonds. The Hall–Kier alpha value is -2.43. The number of nitrogens with zero attached hydrogens (tertiary/aromatic N) is 1. The molecule has 0 bridgehead atoms. The molecule has 1 aromatic carbocycles. The number of hydrogen-bond donors (Lipinski definition) is 2. The molecule has 2 aromatic rings. The van der Waals surface area contributed by atoms with Gasteiger partial charge in [0.2, 0.25) is 0 Å². The molecular formula is C23H27F2N3. The molecule has 1 aromatic heterocycles. The predicted octanol–water partition coefficient (Wildman–Crippen LogP) is 5.56. The van der Waals surface area contributed by atoms with Gasteiger partial charge in [0.25, 0.3) is 0 Å². The highest BCUT2D eigenvalue weighted by molar-refractivity contribution is 5.65. The van der Waals surface area contributed by atoms with Gasteiger partial charge in [-0.25, -0.2) is 8.78 Å². The van der Waals surface area contributed by atoms with Crippen molar-refractivity contribution in [2.75, 3.05) is 0 Å². The van der Waals surface area contributed by atoms with Crippen molar-refractivity contribution >= 4 is 0 Å². The van der Waals surface area contributed by atoms with Crippen LogP contribution in [0.5, 0.6) is 0 Å². The van der Waals surface area contributed by atoms with E-state index in [0.29, 0.717) is 28.7 Å². The highest BCUT2D eigenvalue weighted by Crippen LogP contribution is 2.37. The molecule has 1 aliphatic carbocycles. The SMILES string of the molecule is CC[C@H]1CC(NC(C)c2cc(F)c(-c3ccnc(C4CCC4)c3)cc2F)=CN1. The molecule has 148 valence electrons. The first-order valence-corrected chi connectivity index (χ1v) is 10.2. The van der Waals surface area contributed by atoms with E-state index in [1.807, 2.05) is 19.2 Å². The minimum atomic E-state index is -0.402. The summed E-state index contributed by atoms with van der Waals surface area (Å²) in [6, 6.07) is 6.40. The normalized spacial score (nSPS) is 20.3. The Morgan fingerprint density at radius 1 is 1.21 bits per heavy atom. The Morgan fingerprint density at radius 2 is 2.04 bits per heavy atom. The van der Waals surface area contributed by atoms with Gasteiger partial charge in [0.05, 0.1) is 6.04 Å². The zero-order valence-corrected chi connectivity index (χ0v) is 16.4. The Bertz CT molecular complexity index is 889. The van der Waals surface area contributed by atoms with Gasteiger partial charge in [0, 0.05) is 53.3 Å². The number of benzene rings is 1. The lowest BCUT2D eigenvalue weighted by Gasteiger charge is -2.25. The summed E-state index contributed by atoms with van der Waals surface area (Å²) in [7, 11) is 0. The van der Waals surface area contributed by atoms with Gasteiger partial charge in [-0.15, -0.1) is 0 Å². The zero-order chi connectivity index (χ0) is 19.7. The number of halogens is 2. The molecule has 2 aliphatic rings. The van der Waals surface area contributed by atoms with Gasteiger partial charge in [0.1, 0.15) is 11.6 Å². The van der Waals surface area contributed by atoms with Crippen LogP contribution in [0.2, 0.25) is 0 Å². The molecule has 0 radical (unpaired) electrons. The molecule has 2 atom stereocenters. The maximum absolute atomic E-state index is 14.9. The molecule has 3 nitrogen and oxygen atoms in total. The Morgan fingerprint density at radius 3 is 2.71 bits per heavy atom. The zero-order valence-electron chi connectivity index (χ0n) is 16.4. The fourth-order valence-corrected chi connectivity index (χ4v) is 3.98. The Labute approximate surface area is 165 Å². The lowest BCUT2D eigenvalue weighted by molar-refractivity contribution is 0.411. The van der Waals surface area contributed by atoms with Crippen LogP contribution in [0.4, 0.5) is 8.78 Å². The molecule has 1 aliphatic heterocycles. The van der Waals surface area contributed by atoms with Crippen molar-refractivity contribution in [3.05, 3.63) is 65.3 Å². The van der Waals surface area contributed by atoms with E-state index in [1.54, 1.807) is 12.3 Å². The number of nitrogens with one attached hydrogen (secondary N) is 2. The van der Waals surface area contributed by atoms with Gasteiger partial charge in [-0.1, -0.05) is 13.3 Å². The predicted molar refractivity (Wildman–Crippen MR) is 108 cm³/mol. The summed E-state index contributed by atoms with van der Waals surface area (Å²) in [5.74, 6) is -0.339. The van der Waals surface area contributed by atoms with E-state index in [9.17, 15) is 8.78 Å². The van der Waals surface area contributed by atoms with E-state index in [0.717, 1.165) is 37.1 Å². The number of rotatable bonds is 6. The molecular weight excluding hydrogens is 356 g/mol. The van der Waals surface area contributed by atoms with Gasteiger partial charge < -0.3 is 10.6 Å². The molecule has 4 rings (SSSR count). The van der Waals surface area contributed by atoms with Crippen molar-refractivity contribution in [2.45, 2.75) is 64.0 Å². The van der Waals surface area contributed by atoms with E-state index < -0.39 is 11.6 Å². The summed E-state index contributed by atoms with van der Waals surface area (Å²) < 4.78 is 29.8. The largest absolute Gasteiger partial charge is 0.386 e. The topological polar surface area (TPSA) is 37.0 Å². The molecule has 2 heterocycles. The van der Waals surface area contributed by atoms with E-state index in [4.69, 9.17) is 0 Å². The van der Waals surface area contributed by atoms with Gasteiger partial charge in [-0.2, -0.15) is 0 Å². The third kappa shape index (κ3) is 3.75. The van der Waals surface area contributed by atoms with Gasteiger partial charge in [-0.05, 0) is 56.0 Å². The molecule has 0 saturated heterocycles. The number of aromatic nitrogens is 1. The van der Waals surface area contributed by atoms with E-state index >= 15 is 0 Å². The fraction of sp³-hybridized carbons (Fsp3) is 0.435. The highest BCUT2D eigenvalue weighted by atomic mass is 19.1. The maximum Gasteiger partial charge on any atom is 0.131 e. The van der Waals surface area contributed by atoms with Crippen molar-refractivity contribution < 1.29 is 8.78 Å². The van der Waals surface area contributed by atoms with Crippen molar-refractivity contribution in [2.24, 2.45) is 0 Å². The van der Waals surface area contributed by atoms with Crippen molar-refractivity contribution in [3.8, 4) is 11.1 Å². The maximum atomic E-state index is 14.9. The second-order valence-electron chi connectivity index (χ2n) is 7.96. The quantitative estimate of drug-likeness (QED) is 0.686. The van der Waals surface area contributed by atoms with Crippen molar-refractivity contribution in [1.82, 2.24) is 15.6 Å². The summed E-state index contributed by atoms with van der Waals surface area (Å²) in [6.45, 7) is 3.99. The molecule has 28 heavy (non-hydrogen) atoms. The average Bonchev–Trinajstić information content (AvgIpc) is 3.09. The molecule has 0 spiro atoms. The Kier molecular flexibility index (Phi) is 5.33. The van der Waals surface area contributed by atoms with Crippen LogP contribution in [-0.4, -0.2) is 11.0 Å². The van der Waals surface area contributed by atoms with Crippen LogP contribution in [-0.2, 0) is 0 Å². The average molecular weight is 383 g/mol. The smallest absolute Gasteiger partial charge is 0.131 e. The second kappa shape index (κ2) is 7.90. The summed E-state index contributed by atoms with van der Waals surface area (Å²) in [6.07, 6.45) is 9.00. The van der Waals surface area contributed by atoms with Crippen LogP contribution in [0.15, 0.2) is 42.4 Å². The standard InChI is InChI=1S/C23H27F2N3/c1-3-17-10-18(13-27-17)28-14(2)19-11-22(25)20(12-21(19)24)16-7-8-26-23(9-16)15-5-4-6-15/h7-9,11-15,17,27-28H,3-6,10H2,1-2H3/t14?,17-/m0/s1. The number of hydrogen-bond acceptors (Lipinski definition) is 3. The lowest BCUT2D eigenvalue weighted by atomic mass is 9.82. The summed E-state index contributed by atoms with van der Waals surface area (Å²) in [5, 5.41) is 6.60. The monoisotopic (exact) mass is 383 g/mol. The summed E-state index contributed by atoms with van der Waals surface area (Å²) in [4.78, 5) is 4.42. The molecule has 5 heteroatoms. The van der Waals surface area contributed by atoms with Crippen LogP contribution in [0, 0.1) is 11.6 Å². The molecule has 1 fully saturated rings. The van der Waals surface area contributed by atoms with Gasteiger partial charge in [-0.3, -0.25) is 4.98 Å². The summed E-state index contributed by atoms with van der Waals surface area (Å²) >= 11 is 0. The van der Waals surface area contributed by atoms with Crippen molar-refractivity contribution in [1.29, 1.82) is 0 Å². The minimum Gasteiger partial charge on any atom is -0.386 e. The molecule has 1 saturated carbocycles. The van der Waals surface area contributed by atoms with Crippen LogP contribution in [0.3, 0.4) is 0 Å². The van der Waals surface area contributed by atoms with Crippen molar-refractivity contribution in [3.63, 3.8) is 0 Å². The van der Waals surface area contributed by atoms with Gasteiger partial charge >= 0.3 is 0 Å². The third-order valence-corrected chi connectivity index (χ3v) is 6.02. The Balaban J connectivity index is 1.55. The summed E-state index contributed by atoms with van der Waals surface area (Å²) in [5.41, 5.74) is 3.34. The first kappa shape index (κ1) is 18.9. The van der Waals surface area contributed by atoms with Crippen LogP contribution >= 0.6 is 0 Å². The highest BCUT2D eigenvalue weighted by Gasteiger charge is 2.23. The number of pyridine rings is 1. The van der Waals surface area contributed by atoms with Crippen LogP contribution < -0.4 is 10.6 Å². The minimum absolute atomic E-state index is 0.296.